The van der Waals surface area contributed by atoms with Gasteiger partial charge in [0.2, 0.25) is 5.95 Å². The van der Waals surface area contributed by atoms with E-state index in [1.807, 2.05) is 20.0 Å². The molecular weight excluding hydrogens is 228 g/mol. The maximum atomic E-state index is 5.70. The van der Waals surface area contributed by atoms with Crippen molar-refractivity contribution in [1.82, 2.24) is 9.97 Å². The summed E-state index contributed by atoms with van der Waals surface area (Å²) in [6.07, 6.45) is 5.74. The zero-order valence-corrected chi connectivity index (χ0v) is 11.2. The Morgan fingerprint density at radius 1 is 1.39 bits per heavy atom. The van der Waals surface area contributed by atoms with Gasteiger partial charge in [0.05, 0.1) is 6.10 Å². The molecule has 1 aromatic heterocycles. The Kier molecular flexibility index (Phi) is 4.75. The van der Waals surface area contributed by atoms with Gasteiger partial charge >= 0.3 is 0 Å². The van der Waals surface area contributed by atoms with Crippen molar-refractivity contribution in [3.05, 3.63) is 11.8 Å². The lowest BCUT2D eigenvalue weighted by Gasteiger charge is -2.23. The van der Waals surface area contributed by atoms with Crippen LogP contribution in [0.1, 0.15) is 31.7 Å². The van der Waals surface area contributed by atoms with Gasteiger partial charge in [-0.3, -0.25) is 0 Å². The maximum absolute atomic E-state index is 5.70. The normalized spacial score (nSPS) is 19.6. The molecule has 5 nitrogen and oxygen atoms in total. The van der Waals surface area contributed by atoms with Crippen LogP contribution >= 0.6 is 0 Å². The average Bonchev–Trinajstić information content (AvgIpc) is 2.41. The second kappa shape index (κ2) is 6.54. The summed E-state index contributed by atoms with van der Waals surface area (Å²) in [5.74, 6) is 1.57. The van der Waals surface area contributed by atoms with E-state index in [2.05, 4.69) is 20.6 Å². The number of aromatic nitrogens is 2. The molecule has 0 spiro atoms. The maximum Gasteiger partial charge on any atom is 0.224 e. The molecule has 2 rings (SSSR count). The van der Waals surface area contributed by atoms with Gasteiger partial charge in [0.15, 0.2) is 0 Å². The van der Waals surface area contributed by atoms with Crippen molar-refractivity contribution in [2.45, 2.75) is 39.2 Å². The summed E-state index contributed by atoms with van der Waals surface area (Å²) in [6, 6.07) is 0. The number of aryl methyl sites for hydroxylation is 1. The van der Waals surface area contributed by atoms with Gasteiger partial charge in [-0.05, 0) is 33.1 Å². The first kappa shape index (κ1) is 13.1. The molecule has 0 bridgehead atoms. The number of hydrogen-bond donors (Lipinski definition) is 2. The lowest BCUT2D eigenvalue weighted by molar-refractivity contribution is 0.0247. The van der Waals surface area contributed by atoms with Gasteiger partial charge in [-0.25, -0.2) is 4.98 Å². The van der Waals surface area contributed by atoms with Crippen molar-refractivity contribution in [3.63, 3.8) is 0 Å². The third-order valence-electron chi connectivity index (χ3n) is 3.08. The molecule has 1 unspecified atom stereocenters. The molecule has 1 atom stereocenters. The summed E-state index contributed by atoms with van der Waals surface area (Å²) in [5, 5.41) is 6.48. The molecule has 1 saturated heterocycles. The van der Waals surface area contributed by atoms with E-state index >= 15 is 0 Å². The monoisotopic (exact) mass is 250 g/mol. The molecule has 2 N–H and O–H groups in total. The van der Waals surface area contributed by atoms with E-state index < -0.39 is 0 Å². The molecular formula is C13H22N4O. The van der Waals surface area contributed by atoms with Crippen LogP contribution in [0.2, 0.25) is 0 Å². The van der Waals surface area contributed by atoms with Crippen LogP contribution in [-0.4, -0.2) is 35.8 Å². The van der Waals surface area contributed by atoms with Crippen molar-refractivity contribution >= 4 is 11.8 Å². The number of rotatable bonds is 5. The molecule has 1 aromatic rings. The Morgan fingerprint density at radius 3 is 3.00 bits per heavy atom. The summed E-state index contributed by atoms with van der Waals surface area (Å²) in [6.45, 7) is 6.58. The molecule has 1 fully saturated rings. The topological polar surface area (TPSA) is 59.1 Å². The fraction of sp³-hybridized carbons (Fsp3) is 0.692. The van der Waals surface area contributed by atoms with Crippen molar-refractivity contribution in [3.8, 4) is 0 Å². The van der Waals surface area contributed by atoms with Gasteiger partial charge in [-0.1, -0.05) is 0 Å². The Hall–Kier alpha value is -1.36. The van der Waals surface area contributed by atoms with Crippen molar-refractivity contribution < 1.29 is 4.74 Å². The van der Waals surface area contributed by atoms with E-state index in [1.165, 1.54) is 12.8 Å². The van der Waals surface area contributed by atoms with Gasteiger partial charge in [0.25, 0.3) is 0 Å². The first-order chi connectivity index (χ1) is 8.79. The third-order valence-corrected chi connectivity index (χ3v) is 3.08. The highest BCUT2D eigenvalue weighted by molar-refractivity contribution is 5.46. The third kappa shape index (κ3) is 3.57. The van der Waals surface area contributed by atoms with E-state index in [1.54, 1.807) is 0 Å². The van der Waals surface area contributed by atoms with Crippen LogP contribution in [0.5, 0.6) is 0 Å². The second-order valence-electron chi connectivity index (χ2n) is 4.63. The molecule has 0 amide bonds. The Labute approximate surface area is 108 Å². The summed E-state index contributed by atoms with van der Waals surface area (Å²) in [4.78, 5) is 8.69. The molecule has 1 aliphatic heterocycles. The highest BCUT2D eigenvalue weighted by Crippen LogP contribution is 2.16. The average molecular weight is 250 g/mol. The van der Waals surface area contributed by atoms with Crippen molar-refractivity contribution in [1.29, 1.82) is 0 Å². The van der Waals surface area contributed by atoms with Gasteiger partial charge in [-0.2, -0.15) is 4.98 Å². The summed E-state index contributed by atoms with van der Waals surface area (Å²) in [5.41, 5.74) is 1.06. The van der Waals surface area contributed by atoms with Crippen LogP contribution in [0.4, 0.5) is 11.8 Å². The molecule has 0 saturated carbocycles. The first-order valence-electron chi connectivity index (χ1n) is 6.72. The van der Waals surface area contributed by atoms with Gasteiger partial charge in [-0.15, -0.1) is 0 Å². The van der Waals surface area contributed by atoms with E-state index in [4.69, 9.17) is 4.74 Å². The van der Waals surface area contributed by atoms with Crippen molar-refractivity contribution in [2.24, 2.45) is 0 Å². The molecule has 5 heteroatoms. The zero-order chi connectivity index (χ0) is 12.8. The number of nitrogens with zero attached hydrogens (tertiary/aromatic N) is 2. The standard InChI is InChI=1S/C13H22N4O/c1-3-14-13-16-8-10(2)12(17-13)15-9-11-6-4-5-7-18-11/h8,11H,3-7,9H2,1-2H3,(H2,14,15,16,17). The van der Waals surface area contributed by atoms with E-state index in [9.17, 15) is 0 Å². The molecule has 18 heavy (non-hydrogen) atoms. The number of nitrogens with one attached hydrogen (secondary N) is 2. The van der Waals surface area contributed by atoms with E-state index in [0.717, 1.165) is 37.5 Å². The quantitative estimate of drug-likeness (QED) is 0.839. The fourth-order valence-electron chi connectivity index (χ4n) is 2.04. The minimum atomic E-state index is 0.315. The summed E-state index contributed by atoms with van der Waals surface area (Å²) < 4.78 is 5.70. The van der Waals surface area contributed by atoms with Gasteiger partial charge in [0.1, 0.15) is 5.82 Å². The first-order valence-corrected chi connectivity index (χ1v) is 6.72. The van der Waals surface area contributed by atoms with Crippen LogP contribution in [0, 0.1) is 6.92 Å². The molecule has 1 aliphatic rings. The predicted octanol–water partition coefficient (Wildman–Crippen LogP) is 2.20. The highest BCUT2D eigenvalue weighted by atomic mass is 16.5. The minimum Gasteiger partial charge on any atom is -0.376 e. The Bertz CT molecular complexity index is 377. The number of ether oxygens (including phenoxy) is 1. The van der Waals surface area contributed by atoms with Crippen LogP contribution in [0.25, 0.3) is 0 Å². The van der Waals surface area contributed by atoms with Gasteiger partial charge in [0, 0.05) is 31.5 Å². The smallest absolute Gasteiger partial charge is 0.224 e. The Morgan fingerprint density at radius 2 is 2.28 bits per heavy atom. The zero-order valence-electron chi connectivity index (χ0n) is 11.2. The molecule has 0 radical (unpaired) electrons. The summed E-state index contributed by atoms with van der Waals surface area (Å²) >= 11 is 0. The summed E-state index contributed by atoms with van der Waals surface area (Å²) in [7, 11) is 0. The minimum absolute atomic E-state index is 0.315. The van der Waals surface area contributed by atoms with E-state index in [-0.39, 0.29) is 0 Å². The largest absolute Gasteiger partial charge is 0.376 e. The molecule has 2 heterocycles. The molecule has 100 valence electrons. The van der Waals surface area contributed by atoms with Gasteiger partial charge < -0.3 is 15.4 Å². The lowest BCUT2D eigenvalue weighted by atomic mass is 10.1. The molecule has 0 aliphatic carbocycles. The van der Waals surface area contributed by atoms with Crippen LogP contribution in [0.3, 0.4) is 0 Å². The van der Waals surface area contributed by atoms with Crippen molar-refractivity contribution in [2.75, 3.05) is 30.3 Å². The Balaban J connectivity index is 1.92. The number of anilines is 2. The highest BCUT2D eigenvalue weighted by Gasteiger charge is 2.14. The second-order valence-corrected chi connectivity index (χ2v) is 4.63. The SMILES string of the molecule is CCNc1ncc(C)c(NCC2CCCCO2)n1. The fourth-order valence-corrected chi connectivity index (χ4v) is 2.04. The number of hydrogen-bond acceptors (Lipinski definition) is 5. The predicted molar refractivity (Wildman–Crippen MR) is 73.0 cm³/mol. The van der Waals surface area contributed by atoms with Crippen LogP contribution < -0.4 is 10.6 Å². The van der Waals surface area contributed by atoms with Crippen LogP contribution in [-0.2, 0) is 4.74 Å². The lowest BCUT2D eigenvalue weighted by Crippen LogP contribution is -2.27. The molecule has 0 aromatic carbocycles. The van der Waals surface area contributed by atoms with Crippen LogP contribution in [0.15, 0.2) is 6.20 Å². The van der Waals surface area contributed by atoms with E-state index in [0.29, 0.717) is 12.1 Å².